The molecule has 0 aromatic heterocycles. The quantitative estimate of drug-likeness (QED) is 0.299. The van der Waals surface area contributed by atoms with Crippen LogP contribution in [0.1, 0.15) is 6.92 Å². The number of hydrogen-bond donors (Lipinski definition) is 2. The number of nitriles is 1. The molecule has 0 aliphatic heterocycles. The van der Waals surface area contributed by atoms with E-state index in [1.165, 1.54) is 13.0 Å². The first-order valence-electron chi connectivity index (χ1n) is 1.49. The van der Waals surface area contributed by atoms with Crippen LogP contribution in [0.25, 0.3) is 0 Å². The van der Waals surface area contributed by atoms with Gasteiger partial charge in [0.2, 0.25) is 0 Å². The highest BCUT2D eigenvalue weighted by atomic mass is 16.3. The Morgan fingerprint density at radius 2 is 2.17 bits per heavy atom. The van der Waals surface area contributed by atoms with Gasteiger partial charge in [0.25, 0.3) is 0 Å². The van der Waals surface area contributed by atoms with Crippen LogP contribution in [-0.2, 0) is 0 Å². The molecule has 0 bridgehead atoms. The van der Waals surface area contributed by atoms with E-state index in [9.17, 15) is 0 Å². The van der Waals surface area contributed by atoms with E-state index in [-0.39, 0.29) is 0 Å². The van der Waals surface area contributed by atoms with Crippen molar-refractivity contribution in [2.24, 2.45) is 5.73 Å². The van der Waals surface area contributed by atoms with Gasteiger partial charge in [-0.15, -0.1) is 0 Å². The summed E-state index contributed by atoms with van der Waals surface area (Å²) >= 11 is 0. The fourth-order valence-electron chi connectivity index (χ4n) is 0. The first-order valence-corrected chi connectivity index (χ1v) is 1.49. The molecule has 0 amide bonds. The second-order valence-corrected chi connectivity index (χ2v) is 1.26. The summed E-state index contributed by atoms with van der Waals surface area (Å²) < 4.78 is 0. The highest BCUT2D eigenvalue weighted by Crippen LogP contribution is 1.83. The van der Waals surface area contributed by atoms with Gasteiger partial charge in [-0.1, -0.05) is 0 Å². The van der Waals surface area contributed by atoms with Gasteiger partial charge >= 0.3 is 0 Å². The Kier molecular flexibility index (Phi) is 1.13. The fourth-order valence-corrected chi connectivity index (χ4v) is 0. The summed E-state index contributed by atoms with van der Waals surface area (Å²) in [5, 5.41) is 16.0. The molecule has 0 aromatic rings. The molecule has 3 nitrogen and oxygen atoms in total. The van der Waals surface area contributed by atoms with Crippen molar-refractivity contribution in [2.75, 3.05) is 0 Å². The third-order valence-electron chi connectivity index (χ3n) is 0.226. The smallest absolute Gasteiger partial charge is 0.200 e. The van der Waals surface area contributed by atoms with Crippen LogP contribution in [0.3, 0.4) is 0 Å². The van der Waals surface area contributed by atoms with Gasteiger partial charge in [0.05, 0.1) is 0 Å². The van der Waals surface area contributed by atoms with Gasteiger partial charge in [-0.05, 0) is 6.92 Å². The molecule has 0 aliphatic rings. The van der Waals surface area contributed by atoms with E-state index < -0.39 is 5.72 Å². The van der Waals surface area contributed by atoms with E-state index in [4.69, 9.17) is 16.1 Å². The monoisotopic (exact) mass is 86.0 g/mol. The SMILES string of the molecule is CC(N)(O)C#N. The predicted molar refractivity (Wildman–Crippen MR) is 20.4 cm³/mol. The molecular formula is C3H6N2O. The van der Waals surface area contributed by atoms with E-state index in [0.717, 1.165) is 0 Å². The average Bonchev–Trinajstić information content (AvgIpc) is 1.35. The van der Waals surface area contributed by atoms with Crippen LogP contribution >= 0.6 is 0 Å². The third kappa shape index (κ3) is 3.41. The minimum Gasteiger partial charge on any atom is -0.364 e. The van der Waals surface area contributed by atoms with Crippen molar-refractivity contribution >= 4 is 0 Å². The van der Waals surface area contributed by atoms with Crippen LogP contribution in [-0.4, -0.2) is 10.8 Å². The minimum absolute atomic E-state index is 1.22. The van der Waals surface area contributed by atoms with Crippen LogP contribution in [0.4, 0.5) is 0 Å². The lowest BCUT2D eigenvalue weighted by molar-refractivity contribution is 0.128. The van der Waals surface area contributed by atoms with Gasteiger partial charge in [0.1, 0.15) is 6.07 Å². The molecule has 0 aliphatic carbocycles. The van der Waals surface area contributed by atoms with Gasteiger partial charge in [-0.25, -0.2) is 0 Å². The molecule has 34 valence electrons. The lowest BCUT2D eigenvalue weighted by Crippen LogP contribution is -2.32. The first kappa shape index (κ1) is 5.41. The van der Waals surface area contributed by atoms with Gasteiger partial charge in [-0.2, -0.15) is 5.26 Å². The lowest BCUT2D eigenvalue weighted by atomic mass is 10.3. The third-order valence-corrected chi connectivity index (χ3v) is 0.226. The molecule has 0 radical (unpaired) electrons. The summed E-state index contributed by atoms with van der Waals surface area (Å²) in [4.78, 5) is 0. The molecular weight excluding hydrogens is 80.0 g/mol. The number of nitrogens with zero attached hydrogens (tertiary/aromatic N) is 1. The van der Waals surface area contributed by atoms with Crippen molar-refractivity contribution in [1.29, 1.82) is 5.26 Å². The van der Waals surface area contributed by atoms with Crippen molar-refractivity contribution in [3.05, 3.63) is 0 Å². The van der Waals surface area contributed by atoms with Crippen molar-refractivity contribution in [3.8, 4) is 6.07 Å². The number of rotatable bonds is 0. The molecule has 0 heterocycles. The molecule has 0 aromatic carbocycles. The van der Waals surface area contributed by atoms with E-state index >= 15 is 0 Å². The van der Waals surface area contributed by atoms with E-state index in [0.29, 0.717) is 0 Å². The van der Waals surface area contributed by atoms with Crippen molar-refractivity contribution in [3.63, 3.8) is 0 Å². The second kappa shape index (κ2) is 1.25. The topological polar surface area (TPSA) is 70.0 Å². The Morgan fingerprint density at radius 3 is 2.17 bits per heavy atom. The van der Waals surface area contributed by atoms with Crippen LogP contribution < -0.4 is 5.73 Å². The molecule has 0 spiro atoms. The summed E-state index contributed by atoms with van der Waals surface area (Å²) in [5.41, 5.74) is 3.08. The predicted octanol–water partition coefficient (Wildman–Crippen LogP) is -0.823. The van der Waals surface area contributed by atoms with E-state index in [2.05, 4.69) is 0 Å². The summed E-state index contributed by atoms with van der Waals surface area (Å²) in [7, 11) is 0. The molecule has 0 rings (SSSR count). The average molecular weight is 86.1 g/mol. The van der Waals surface area contributed by atoms with Crippen molar-refractivity contribution in [1.82, 2.24) is 0 Å². The molecule has 1 unspecified atom stereocenters. The fraction of sp³-hybridized carbons (Fsp3) is 0.667. The Bertz CT molecular complexity index is 75.8. The van der Waals surface area contributed by atoms with Gasteiger partial charge < -0.3 is 5.11 Å². The van der Waals surface area contributed by atoms with Crippen LogP contribution in [0, 0.1) is 11.3 Å². The Morgan fingerprint density at radius 1 is 2.00 bits per heavy atom. The largest absolute Gasteiger partial charge is 0.364 e. The number of hydrogen-bond acceptors (Lipinski definition) is 3. The Balaban J connectivity index is 3.55. The number of nitrogens with two attached hydrogens (primary N) is 1. The van der Waals surface area contributed by atoms with Gasteiger partial charge in [-0.3, -0.25) is 5.73 Å². The summed E-state index contributed by atoms with van der Waals surface area (Å²) in [6.07, 6.45) is 0. The van der Waals surface area contributed by atoms with E-state index in [1.807, 2.05) is 0 Å². The Hall–Kier alpha value is -0.590. The van der Waals surface area contributed by atoms with Crippen LogP contribution in [0.15, 0.2) is 0 Å². The highest BCUT2D eigenvalue weighted by molar-refractivity contribution is 4.89. The lowest BCUT2D eigenvalue weighted by Gasteiger charge is -2.01. The zero-order valence-corrected chi connectivity index (χ0v) is 3.47. The molecule has 0 saturated carbocycles. The maximum atomic E-state index is 8.24. The van der Waals surface area contributed by atoms with Crippen LogP contribution in [0.5, 0.6) is 0 Å². The summed E-state index contributed by atoms with van der Waals surface area (Å²) in [5.74, 6) is 0. The zero-order chi connectivity index (χ0) is 5.21. The summed E-state index contributed by atoms with van der Waals surface area (Å²) in [6.45, 7) is 1.22. The van der Waals surface area contributed by atoms with Gasteiger partial charge in [0, 0.05) is 0 Å². The maximum absolute atomic E-state index is 8.24. The molecule has 0 fully saturated rings. The van der Waals surface area contributed by atoms with E-state index in [1.54, 1.807) is 0 Å². The van der Waals surface area contributed by atoms with Gasteiger partial charge in [0.15, 0.2) is 5.72 Å². The molecule has 0 saturated heterocycles. The zero-order valence-electron chi connectivity index (χ0n) is 3.47. The number of aliphatic hydroxyl groups is 1. The Labute approximate surface area is 36.0 Å². The van der Waals surface area contributed by atoms with Crippen molar-refractivity contribution in [2.45, 2.75) is 12.6 Å². The standard InChI is InChI=1S/C3H6N2O/c1-3(5,6)2-4/h6H,5H2,1H3. The molecule has 6 heavy (non-hydrogen) atoms. The summed E-state index contributed by atoms with van der Waals surface area (Å²) in [6, 6.07) is 1.44. The van der Waals surface area contributed by atoms with Crippen LogP contribution in [0.2, 0.25) is 0 Å². The molecule has 3 N–H and O–H groups in total. The van der Waals surface area contributed by atoms with Crippen molar-refractivity contribution < 1.29 is 5.11 Å². The highest BCUT2D eigenvalue weighted by Gasteiger charge is 2.07. The molecule has 1 atom stereocenters. The first-order chi connectivity index (χ1) is 2.56. The normalized spacial score (nSPS) is 18.3. The minimum atomic E-state index is -1.65. The second-order valence-electron chi connectivity index (χ2n) is 1.26. The maximum Gasteiger partial charge on any atom is 0.200 e. The molecule has 3 heteroatoms.